The van der Waals surface area contributed by atoms with Crippen molar-refractivity contribution in [2.75, 3.05) is 0 Å². The van der Waals surface area contributed by atoms with E-state index >= 15 is 0 Å². The van der Waals surface area contributed by atoms with E-state index in [1.54, 1.807) is 24.5 Å². The number of hydrogen-bond acceptors (Lipinski definition) is 8. The van der Waals surface area contributed by atoms with Crippen molar-refractivity contribution in [2.24, 2.45) is 20.0 Å². The molecule has 2 rings (SSSR count). The Morgan fingerprint density at radius 1 is 0.548 bits per heavy atom. The van der Waals surface area contributed by atoms with Crippen LogP contribution in [0, 0.1) is 45.8 Å². The lowest BCUT2D eigenvalue weighted by molar-refractivity contribution is 0.686. The Balaban J connectivity index is 2.01. The van der Waals surface area contributed by atoms with Gasteiger partial charge in [0, 0.05) is 0 Å². The lowest BCUT2D eigenvalue weighted by Crippen LogP contribution is -2.13. The molecule has 0 aromatic carbocycles. The number of aliphatic imine (C=N–C) groups is 4. The van der Waals surface area contributed by atoms with Gasteiger partial charge in [-0.25, -0.2) is 0 Å². The van der Waals surface area contributed by atoms with E-state index in [9.17, 15) is 0 Å². The third-order valence-electron chi connectivity index (χ3n) is 4.87. The topological polar surface area (TPSA) is 145 Å². The van der Waals surface area contributed by atoms with Crippen molar-refractivity contribution in [3.63, 3.8) is 0 Å². The van der Waals surface area contributed by atoms with Crippen LogP contribution in [0.4, 0.5) is 0 Å². The maximum atomic E-state index is 8.94. The maximum Gasteiger partial charge on any atom is 0.206 e. The Labute approximate surface area is 181 Å². The minimum atomic E-state index is 0.588. The van der Waals surface area contributed by atoms with Gasteiger partial charge in [-0.1, -0.05) is 6.42 Å². The molecule has 2 aliphatic carbocycles. The van der Waals surface area contributed by atoms with E-state index in [-0.39, 0.29) is 0 Å². The van der Waals surface area contributed by atoms with Crippen LogP contribution in [0.2, 0.25) is 0 Å². The van der Waals surface area contributed by atoms with Gasteiger partial charge in [0.2, 0.25) is 24.8 Å². The molecule has 8 heteroatoms. The van der Waals surface area contributed by atoms with Gasteiger partial charge in [0.25, 0.3) is 0 Å². The maximum absolute atomic E-state index is 8.94. The van der Waals surface area contributed by atoms with Crippen molar-refractivity contribution in [1.29, 1.82) is 21.0 Å². The highest BCUT2D eigenvalue weighted by Gasteiger charge is 2.16. The normalized spacial score (nSPS) is 20.8. The van der Waals surface area contributed by atoms with Crippen LogP contribution in [-0.4, -0.2) is 22.8 Å². The van der Waals surface area contributed by atoms with Gasteiger partial charge in [0.15, 0.2) is 0 Å². The smallest absolute Gasteiger partial charge is 0.173 e. The summed E-state index contributed by atoms with van der Waals surface area (Å²) in [6, 6.07) is 0. The van der Waals surface area contributed by atoms with Gasteiger partial charge in [-0.3, -0.25) is 0 Å². The molecule has 0 heterocycles. The van der Waals surface area contributed by atoms with Crippen LogP contribution in [-0.2, 0) is 0 Å². The van der Waals surface area contributed by atoms with Crippen LogP contribution in [0.1, 0.15) is 46.0 Å². The van der Waals surface area contributed by atoms with Crippen LogP contribution < -0.4 is 0 Å². The lowest BCUT2D eigenvalue weighted by Gasteiger charge is -2.15. The monoisotopic (exact) mass is 408 g/mol. The van der Waals surface area contributed by atoms with E-state index in [1.165, 1.54) is 0 Å². The van der Waals surface area contributed by atoms with Crippen molar-refractivity contribution in [3.05, 3.63) is 46.6 Å². The molecular weight excluding hydrogens is 388 g/mol. The summed E-state index contributed by atoms with van der Waals surface area (Å²) in [6.45, 7) is 3.66. The molecule has 0 aromatic heterocycles. The number of nitriles is 4. The van der Waals surface area contributed by atoms with E-state index < -0.39 is 0 Å². The molecule has 0 saturated carbocycles. The third-order valence-corrected chi connectivity index (χ3v) is 4.87. The summed E-state index contributed by atoms with van der Waals surface area (Å²) in [6.07, 6.45) is 18.4. The first-order valence-electron chi connectivity index (χ1n) is 9.70. The quantitative estimate of drug-likeness (QED) is 0.364. The molecule has 0 fully saturated rings. The van der Waals surface area contributed by atoms with E-state index in [1.807, 2.05) is 38.4 Å². The molecule has 0 radical (unpaired) electrons. The van der Waals surface area contributed by atoms with Crippen LogP contribution in [0.25, 0.3) is 0 Å². The molecule has 0 amide bonds. The van der Waals surface area contributed by atoms with Crippen molar-refractivity contribution in [3.8, 4) is 24.8 Å². The van der Waals surface area contributed by atoms with Gasteiger partial charge < -0.3 is 0 Å². The zero-order valence-corrected chi connectivity index (χ0v) is 17.4. The summed E-state index contributed by atoms with van der Waals surface area (Å²) in [4.78, 5) is 15.4. The first kappa shape index (κ1) is 22.9. The molecule has 0 N–H and O–H groups in total. The summed E-state index contributed by atoms with van der Waals surface area (Å²) in [5.74, 6) is 0. The second kappa shape index (κ2) is 11.6. The minimum absolute atomic E-state index is 0.588. The Hall–Kier alpha value is -4.40. The fourth-order valence-electron chi connectivity index (χ4n) is 3.32. The highest BCUT2D eigenvalue weighted by molar-refractivity contribution is 6.24. The highest BCUT2D eigenvalue weighted by atomic mass is 14.8. The van der Waals surface area contributed by atoms with Gasteiger partial charge in [0.05, 0.1) is 22.8 Å². The van der Waals surface area contributed by atoms with Crippen LogP contribution >= 0.6 is 0 Å². The Morgan fingerprint density at radius 3 is 1.26 bits per heavy atom. The Bertz CT molecular complexity index is 1060. The largest absolute Gasteiger partial charge is 0.206 e. The standard InChI is InChI=1S/C23H20N8/c1-16-8-22(30-14-26)18(10-20(16)28-12-24)6-4-3-5-7-19-11-21(29-13-25)17(2)9-23(19)31-15-27/h8-11H,3-7H2,1-2H3. The SMILES string of the molecule is CC1=CC(=NC#N)C(CCCCCC2=CC(=NC#N)C(C)=CC2=NC#N)=CC1=NC#N. The Kier molecular flexibility index (Phi) is 8.54. The van der Waals surface area contributed by atoms with Gasteiger partial charge in [-0.05, 0) is 86.1 Å². The second-order valence-electron chi connectivity index (χ2n) is 6.94. The average molecular weight is 408 g/mol. The van der Waals surface area contributed by atoms with E-state index in [2.05, 4.69) is 20.0 Å². The molecule has 0 spiro atoms. The molecule has 2 aliphatic rings. The van der Waals surface area contributed by atoms with Crippen LogP contribution in [0.15, 0.2) is 66.6 Å². The van der Waals surface area contributed by atoms with Crippen molar-refractivity contribution < 1.29 is 0 Å². The second-order valence-corrected chi connectivity index (χ2v) is 6.94. The number of hydrogen-bond donors (Lipinski definition) is 0. The van der Waals surface area contributed by atoms with E-state index in [0.717, 1.165) is 41.6 Å². The third kappa shape index (κ3) is 6.29. The molecule has 0 aliphatic heterocycles. The zero-order valence-electron chi connectivity index (χ0n) is 17.4. The van der Waals surface area contributed by atoms with Gasteiger partial charge in [-0.2, -0.15) is 41.0 Å². The summed E-state index contributed by atoms with van der Waals surface area (Å²) in [5, 5.41) is 35.6. The average Bonchev–Trinajstić information content (AvgIpc) is 2.74. The molecule has 0 bridgehead atoms. The lowest BCUT2D eigenvalue weighted by atomic mass is 9.91. The predicted molar refractivity (Wildman–Crippen MR) is 119 cm³/mol. The number of allylic oxidation sites excluding steroid dienone is 8. The van der Waals surface area contributed by atoms with Crippen molar-refractivity contribution in [2.45, 2.75) is 46.0 Å². The van der Waals surface area contributed by atoms with Gasteiger partial charge in [0.1, 0.15) is 0 Å². The highest BCUT2D eigenvalue weighted by Crippen LogP contribution is 2.22. The summed E-state index contributed by atoms with van der Waals surface area (Å²) >= 11 is 0. The first-order valence-corrected chi connectivity index (χ1v) is 9.70. The molecule has 31 heavy (non-hydrogen) atoms. The van der Waals surface area contributed by atoms with Gasteiger partial charge >= 0.3 is 0 Å². The predicted octanol–water partition coefficient (Wildman–Crippen LogP) is 4.40. The summed E-state index contributed by atoms with van der Waals surface area (Å²) in [7, 11) is 0. The molecule has 8 nitrogen and oxygen atoms in total. The summed E-state index contributed by atoms with van der Waals surface area (Å²) in [5.41, 5.74) is 5.74. The van der Waals surface area contributed by atoms with E-state index in [0.29, 0.717) is 35.7 Å². The Morgan fingerprint density at radius 2 is 0.903 bits per heavy atom. The number of nitrogens with zero attached hydrogens (tertiary/aromatic N) is 8. The minimum Gasteiger partial charge on any atom is -0.173 e. The van der Waals surface area contributed by atoms with Crippen LogP contribution in [0.5, 0.6) is 0 Å². The fourth-order valence-corrected chi connectivity index (χ4v) is 3.32. The molecule has 0 unspecified atom stereocenters. The number of rotatable bonds is 6. The van der Waals surface area contributed by atoms with Crippen molar-refractivity contribution in [1.82, 2.24) is 0 Å². The first-order chi connectivity index (χ1) is 15.0. The zero-order chi connectivity index (χ0) is 22.6. The van der Waals surface area contributed by atoms with Crippen molar-refractivity contribution >= 4 is 22.8 Å². The molecule has 152 valence electrons. The molecule has 0 saturated heterocycles. The van der Waals surface area contributed by atoms with Gasteiger partial charge in [-0.15, -0.1) is 0 Å². The molecule has 0 aromatic rings. The summed E-state index contributed by atoms with van der Waals surface area (Å²) < 4.78 is 0. The molecule has 0 atom stereocenters. The van der Waals surface area contributed by atoms with Crippen LogP contribution in [0.3, 0.4) is 0 Å². The fraction of sp³-hybridized carbons (Fsp3) is 0.304. The molecular formula is C23H20N8. The van der Waals surface area contributed by atoms with E-state index in [4.69, 9.17) is 21.0 Å². The number of unbranched alkanes of at least 4 members (excludes halogenated alkanes) is 2.